The summed E-state index contributed by atoms with van der Waals surface area (Å²) < 4.78 is 0. The van der Waals surface area contributed by atoms with Crippen molar-refractivity contribution in [3.8, 4) is 0 Å². The normalized spacial score (nSPS) is 6.43. The molecule has 7 heavy (non-hydrogen) atoms. The molecule has 5 heteroatoms. The molecule has 0 rings (SSSR count). The molecule has 0 aromatic heterocycles. The molecule has 0 bridgehead atoms. The minimum absolute atomic E-state index is 0. The van der Waals surface area contributed by atoms with E-state index in [-0.39, 0.29) is 24.0 Å². The molecule has 42 valence electrons. The molecular weight excluding hydrogens is 113 g/mol. The van der Waals surface area contributed by atoms with Crippen LogP contribution in [0.5, 0.6) is 0 Å². The van der Waals surface area contributed by atoms with Crippen molar-refractivity contribution in [1.82, 2.24) is 0 Å². The van der Waals surface area contributed by atoms with Crippen LogP contribution in [0, 0.1) is 10.1 Å². The standard InChI is InChI=1S/C2H5NO3.Al.3H/c1-2-6-3(4)5;;;;/h2H2,1H3;;;;. The minimum Gasteiger partial charge on any atom is -0.314 e. The lowest BCUT2D eigenvalue weighted by Crippen LogP contribution is -1.97. The molecule has 0 aliphatic rings. The third-order valence-corrected chi connectivity index (χ3v) is 0.235. The lowest BCUT2D eigenvalue weighted by Gasteiger charge is -1.83. The highest BCUT2D eigenvalue weighted by Gasteiger charge is 1.83. The first kappa shape index (κ1) is 9.88. The van der Waals surface area contributed by atoms with Crippen molar-refractivity contribution in [1.29, 1.82) is 0 Å². The van der Waals surface area contributed by atoms with E-state index in [4.69, 9.17) is 0 Å². The molecule has 0 fully saturated rings. The highest BCUT2D eigenvalue weighted by Crippen LogP contribution is 1.67. The third-order valence-electron chi connectivity index (χ3n) is 0.235. The van der Waals surface area contributed by atoms with Crippen LogP contribution in [0.25, 0.3) is 0 Å². The molecule has 0 spiro atoms. The second-order valence-electron chi connectivity index (χ2n) is 0.641. The van der Waals surface area contributed by atoms with Gasteiger partial charge in [-0.1, -0.05) is 0 Å². The van der Waals surface area contributed by atoms with E-state index >= 15 is 0 Å². The number of hydrogen-bond acceptors (Lipinski definition) is 3. The highest BCUT2D eigenvalue weighted by molar-refractivity contribution is 5.75. The Bertz CT molecular complexity index is 56.9. The van der Waals surface area contributed by atoms with Crippen LogP contribution in [0.3, 0.4) is 0 Å². The molecule has 4 nitrogen and oxygen atoms in total. The van der Waals surface area contributed by atoms with Crippen molar-refractivity contribution >= 4 is 17.4 Å². The Morgan fingerprint density at radius 2 is 2.29 bits per heavy atom. The number of hydrogen-bond donors (Lipinski definition) is 0. The molecule has 0 aliphatic heterocycles. The topological polar surface area (TPSA) is 52.4 Å². The maximum atomic E-state index is 9.18. The predicted molar refractivity (Wildman–Crippen MR) is 28.6 cm³/mol. The van der Waals surface area contributed by atoms with Gasteiger partial charge in [0.2, 0.25) is 0 Å². The maximum Gasteiger partial charge on any atom is 0.294 e. The number of rotatable bonds is 2. The molecule has 0 aromatic carbocycles. The first-order valence-electron chi connectivity index (χ1n) is 1.54. The monoisotopic (exact) mass is 121 g/mol. The molecule has 0 saturated heterocycles. The summed E-state index contributed by atoms with van der Waals surface area (Å²) in [6.45, 7) is 1.69. The van der Waals surface area contributed by atoms with Gasteiger partial charge in [0.25, 0.3) is 5.09 Å². The van der Waals surface area contributed by atoms with Crippen LogP contribution in [0.15, 0.2) is 0 Å². The van der Waals surface area contributed by atoms with E-state index < -0.39 is 5.09 Å². The van der Waals surface area contributed by atoms with E-state index in [2.05, 4.69) is 4.84 Å². The van der Waals surface area contributed by atoms with Gasteiger partial charge in [-0.25, -0.2) is 0 Å². The van der Waals surface area contributed by atoms with Crippen LogP contribution in [0.4, 0.5) is 0 Å². The van der Waals surface area contributed by atoms with Crippen molar-refractivity contribution in [2.75, 3.05) is 6.61 Å². The molecule has 0 aromatic rings. The van der Waals surface area contributed by atoms with E-state index in [1.807, 2.05) is 0 Å². The first-order chi connectivity index (χ1) is 2.77. The van der Waals surface area contributed by atoms with Gasteiger partial charge in [-0.15, -0.1) is 10.1 Å². The fraction of sp³-hybridized carbons (Fsp3) is 1.00. The Morgan fingerprint density at radius 1 is 1.86 bits per heavy atom. The minimum atomic E-state index is -0.819. The van der Waals surface area contributed by atoms with E-state index in [9.17, 15) is 10.1 Å². The predicted octanol–water partition coefficient (Wildman–Crippen LogP) is -0.969. The van der Waals surface area contributed by atoms with Crippen LogP contribution in [-0.2, 0) is 4.84 Å². The Balaban J connectivity index is 0. The summed E-state index contributed by atoms with van der Waals surface area (Å²) in [6, 6.07) is 0. The fourth-order valence-electron chi connectivity index (χ4n) is 0.105. The van der Waals surface area contributed by atoms with Gasteiger partial charge in [0.1, 0.15) is 0 Å². The lowest BCUT2D eigenvalue weighted by molar-refractivity contribution is -0.756. The van der Waals surface area contributed by atoms with Crippen molar-refractivity contribution in [2.45, 2.75) is 6.92 Å². The summed E-state index contributed by atoms with van der Waals surface area (Å²) in [4.78, 5) is 12.9. The van der Waals surface area contributed by atoms with E-state index in [1.165, 1.54) is 0 Å². The SMILES string of the molecule is CCO[N+](=O)[O-].[AlH3]. The molecule has 0 amide bonds. The van der Waals surface area contributed by atoms with Gasteiger partial charge >= 0.3 is 0 Å². The van der Waals surface area contributed by atoms with E-state index in [0.717, 1.165) is 0 Å². The summed E-state index contributed by atoms with van der Waals surface area (Å²) in [6.07, 6.45) is 0. The smallest absolute Gasteiger partial charge is 0.294 e. The zero-order valence-electron chi connectivity index (χ0n) is 3.38. The Labute approximate surface area is 51.7 Å². The van der Waals surface area contributed by atoms with Crippen molar-refractivity contribution in [3.05, 3.63) is 10.1 Å². The zero-order chi connectivity index (χ0) is 4.99. The maximum absolute atomic E-state index is 9.18. The summed E-state index contributed by atoms with van der Waals surface area (Å²) in [5.41, 5.74) is 0. The van der Waals surface area contributed by atoms with Crippen LogP contribution in [-0.4, -0.2) is 29.1 Å². The summed E-state index contributed by atoms with van der Waals surface area (Å²) >= 11 is 0. The molecule has 0 N–H and O–H groups in total. The van der Waals surface area contributed by atoms with Gasteiger partial charge in [0.15, 0.2) is 17.4 Å². The van der Waals surface area contributed by atoms with Gasteiger partial charge in [-0.3, -0.25) is 0 Å². The van der Waals surface area contributed by atoms with Crippen LogP contribution >= 0.6 is 0 Å². The number of nitrogens with zero attached hydrogens (tertiary/aromatic N) is 1. The molecule has 0 aliphatic carbocycles. The summed E-state index contributed by atoms with van der Waals surface area (Å²) in [7, 11) is 0. The quantitative estimate of drug-likeness (QED) is 0.268. The molecule has 0 heterocycles. The Hall–Kier alpha value is -0.268. The van der Waals surface area contributed by atoms with Crippen LogP contribution < -0.4 is 0 Å². The fourth-order valence-corrected chi connectivity index (χ4v) is 0.105. The lowest BCUT2D eigenvalue weighted by atomic mass is 10.9. The zero-order valence-corrected chi connectivity index (χ0v) is 3.38. The molecule has 0 saturated carbocycles. The average molecular weight is 121 g/mol. The van der Waals surface area contributed by atoms with Gasteiger partial charge < -0.3 is 4.84 Å². The highest BCUT2D eigenvalue weighted by atomic mass is 27.0. The van der Waals surface area contributed by atoms with Gasteiger partial charge in [0.05, 0.1) is 6.61 Å². The second kappa shape index (κ2) is 5.73. The van der Waals surface area contributed by atoms with Crippen molar-refractivity contribution < 1.29 is 9.92 Å². The third kappa shape index (κ3) is 10.7. The Kier molecular flexibility index (Phi) is 8.09. The molecule has 0 unspecified atom stereocenters. The summed E-state index contributed by atoms with van der Waals surface area (Å²) in [5.74, 6) is 0. The second-order valence-corrected chi connectivity index (χ2v) is 0.641. The van der Waals surface area contributed by atoms with Crippen molar-refractivity contribution in [3.63, 3.8) is 0 Å². The van der Waals surface area contributed by atoms with E-state index in [1.54, 1.807) is 6.92 Å². The van der Waals surface area contributed by atoms with Crippen molar-refractivity contribution in [2.24, 2.45) is 0 Å². The first-order valence-corrected chi connectivity index (χ1v) is 1.54. The Morgan fingerprint density at radius 3 is 2.29 bits per heavy atom. The van der Waals surface area contributed by atoms with E-state index in [0.29, 0.717) is 0 Å². The van der Waals surface area contributed by atoms with Crippen LogP contribution in [0.1, 0.15) is 6.92 Å². The largest absolute Gasteiger partial charge is 0.314 e. The molecule has 0 atom stereocenters. The average Bonchev–Trinajstić information content (AvgIpc) is 1.35. The van der Waals surface area contributed by atoms with Gasteiger partial charge in [-0.05, 0) is 6.92 Å². The summed E-state index contributed by atoms with van der Waals surface area (Å²) in [5, 5.41) is 8.36. The molecule has 0 radical (unpaired) electrons. The van der Waals surface area contributed by atoms with Gasteiger partial charge in [0, 0.05) is 0 Å². The van der Waals surface area contributed by atoms with Crippen LogP contribution in [0.2, 0.25) is 0 Å². The molecular formula is C2H8AlNO3. The van der Waals surface area contributed by atoms with Gasteiger partial charge in [-0.2, -0.15) is 0 Å².